The van der Waals surface area contributed by atoms with Gasteiger partial charge in [0.2, 0.25) is 10.0 Å². The van der Waals surface area contributed by atoms with Gasteiger partial charge in [-0.25, -0.2) is 8.42 Å². The average molecular weight is 430 g/mol. The van der Waals surface area contributed by atoms with Crippen molar-refractivity contribution >= 4 is 15.9 Å². The van der Waals surface area contributed by atoms with Gasteiger partial charge in [-0.15, -0.1) is 0 Å². The monoisotopic (exact) mass is 429 g/mol. The van der Waals surface area contributed by atoms with E-state index in [4.69, 9.17) is 0 Å². The van der Waals surface area contributed by atoms with E-state index in [0.29, 0.717) is 25.2 Å². The zero-order valence-electron chi connectivity index (χ0n) is 17.8. The molecule has 0 unspecified atom stereocenters. The summed E-state index contributed by atoms with van der Waals surface area (Å²) in [6.07, 6.45) is 2.36. The van der Waals surface area contributed by atoms with Gasteiger partial charge in [-0.2, -0.15) is 4.31 Å². The first-order valence-electron chi connectivity index (χ1n) is 10.6. The lowest BCUT2D eigenvalue weighted by atomic mass is 10.1. The Balaban J connectivity index is 1.69. The van der Waals surface area contributed by atoms with E-state index in [9.17, 15) is 13.2 Å². The Morgan fingerprint density at radius 1 is 1.00 bits per heavy atom. The molecule has 162 valence electrons. The van der Waals surface area contributed by atoms with E-state index in [-0.39, 0.29) is 16.8 Å². The van der Waals surface area contributed by atoms with Crippen LogP contribution in [0.1, 0.15) is 48.7 Å². The van der Waals surface area contributed by atoms with Crippen molar-refractivity contribution in [3.05, 3.63) is 65.7 Å². The summed E-state index contributed by atoms with van der Waals surface area (Å²) in [6.45, 7) is 7.04. The quantitative estimate of drug-likeness (QED) is 0.664. The van der Waals surface area contributed by atoms with Crippen molar-refractivity contribution in [1.29, 1.82) is 0 Å². The van der Waals surface area contributed by atoms with E-state index >= 15 is 0 Å². The summed E-state index contributed by atoms with van der Waals surface area (Å²) in [7, 11) is -3.52. The summed E-state index contributed by atoms with van der Waals surface area (Å²) in [6, 6.07) is 16.6. The Kier molecular flexibility index (Phi) is 7.64. The van der Waals surface area contributed by atoms with Crippen molar-refractivity contribution in [2.24, 2.45) is 0 Å². The molecule has 1 aliphatic heterocycles. The van der Waals surface area contributed by atoms with Crippen LogP contribution in [0, 0.1) is 0 Å². The minimum atomic E-state index is -3.52. The van der Waals surface area contributed by atoms with Crippen LogP contribution in [-0.4, -0.2) is 56.3 Å². The zero-order valence-corrected chi connectivity index (χ0v) is 18.6. The number of likely N-dealkylation sites (tertiary alicyclic amines) is 1. The fourth-order valence-corrected chi connectivity index (χ4v) is 5.43. The summed E-state index contributed by atoms with van der Waals surface area (Å²) in [4.78, 5) is 15.3. The van der Waals surface area contributed by atoms with Crippen molar-refractivity contribution < 1.29 is 13.2 Å². The summed E-state index contributed by atoms with van der Waals surface area (Å²) < 4.78 is 26.6. The van der Waals surface area contributed by atoms with Gasteiger partial charge in [-0.3, -0.25) is 9.69 Å². The van der Waals surface area contributed by atoms with Gasteiger partial charge in [0, 0.05) is 25.2 Å². The fourth-order valence-electron chi connectivity index (χ4n) is 3.97. The molecule has 1 atom stereocenters. The smallest absolute Gasteiger partial charge is 0.251 e. The third-order valence-corrected chi connectivity index (χ3v) is 7.75. The molecule has 1 aliphatic rings. The lowest BCUT2D eigenvalue weighted by molar-refractivity contribution is 0.0938. The number of carbonyl (C=O) groups excluding carboxylic acids is 1. The number of nitrogens with one attached hydrogen (secondary N) is 1. The summed E-state index contributed by atoms with van der Waals surface area (Å²) in [5, 5.41) is 3.04. The Hall–Kier alpha value is -2.22. The number of amides is 1. The second kappa shape index (κ2) is 10.2. The highest BCUT2D eigenvalue weighted by atomic mass is 32.2. The van der Waals surface area contributed by atoms with E-state index in [1.54, 1.807) is 12.1 Å². The second-order valence-electron chi connectivity index (χ2n) is 7.49. The van der Waals surface area contributed by atoms with Crippen molar-refractivity contribution in [2.45, 2.75) is 37.6 Å². The summed E-state index contributed by atoms with van der Waals surface area (Å²) in [5.41, 5.74) is 1.65. The van der Waals surface area contributed by atoms with Crippen LogP contribution in [0.4, 0.5) is 0 Å². The molecule has 30 heavy (non-hydrogen) atoms. The van der Waals surface area contributed by atoms with Crippen LogP contribution in [-0.2, 0) is 10.0 Å². The molecule has 2 aromatic rings. The van der Waals surface area contributed by atoms with Gasteiger partial charge in [0.05, 0.1) is 10.9 Å². The largest absolute Gasteiger partial charge is 0.350 e. The minimum absolute atomic E-state index is 0.139. The fraction of sp³-hybridized carbons (Fsp3) is 0.435. The molecule has 2 aromatic carbocycles. The molecule has 0 bridgehead atoms. The Labute approximate surface area is 179 Å². The number of hydrogen-bond acceptors (Lipinski definition) is 4. The van der Waals surface area contributed by atoms with Crippen LogP contribution in [0.25, 0.3) is 0 Å². The SMILES string of the molecule is CCN(CC)S(=O)(=O)c1ccc(C(=O)NC[C@@H](c2ccccc2)N2CCCC2)cc1. The van der Waals surface area contributed by atoms with Gasteiger partial charge in [0.15, 0.2) is 0 Å². The predicted molar refractivity (Wildman–Crippen MR) is 119 cm³/mol. The van der Waals surface area contributed by atoms with Crippen LogP contribution in [0.2, 0.25) is 0 Å². The maximum atomic E-state index is 12.7. The Morgan fingerprint density at radius 2 is 1.60 bits per heavy atom. The number of hydrogen-bond donors (Lipinski definition) is 1. The van der Waals surface area contributed by atoms with Crippen LogP contribution >= 0.6 is 0 Å². The van der Waals surface area contributed by atoms with Crippen molar-refractivity contribution in [3.63, 3.8) is 0 Å². The molecule has 0 spiro atoms. The molecule has 1 N–H and O–H groups in total. The van der Waals surface area contributed by atoms with Gasteiger partial charge in [0.25, 0.3) is 5.91 Å². The van der Waals surface area contributed by atoms with Crippen molar-refractivity contribution in [1.82, 2.24) is 14.5 Å². The van der Waals surface area contributed by atoms with Gasteiger partial charge >= 0.3 is 0 Å². The first-order valence-corrected chi connectivity index (χ1v) is 12.1. The summed E-state index contributed by atoms with van der Waals surface area (Å²) >= 11 is 0. The molecule has 0 aliphatic carbocycles. The first-order chi connectivity index (χ1) is 14.5. The number of sulfonamides is 1. The standard InChI is InChI=1S/C23H31N3O3S/c1-3-26(4-2)30(28,29)21-14-12-20(13-15-21)23(27)24-18-22(25-16-8-9-17-25)19-10-6-5-7-11-19/h5-7,10-15,22H,3-4,8-9,16-18H2,1-2H3,(H,24,27)/t22-/m0/s1. The molecular formula is C23H31N3O3S. The normalized spacial score (nSPS) is 16.0. The highest BCUT2D eigenvalue weighted by Crippen LogP contribution is 2.24. The predicted octanol–water partition coefficient (Wildman–Crippen LogP) is 3.28. The van der Waals surface area contributed by atoms with Gasteiger partial charge in [-0.1, -0.05) is 44.2 Å². The Bertz CT molecular complexity index is 920. The van der Waals surface area contributed by atoms with Gasteiger partial charge < -0.3 is 5.32 Å². The third-order valence-electron chi connectivity index (χ3n) is 5.68. The molecule has 6 nitrogen and oxygen atoms in total. The molecule has 1 amide bonds. The second-order valence-corrected chi connectivity index (χ2v) is 9.43. The first kappa shape index (κ1) is 22.5. The maximum absolute atomic E-state index is 12.7. The molecule has 7 heteroatoms. The average Bonchev–Trinajstić information content (AvgIpc) is 3.30. The topological polar surface area (TPSA) is 69.7 Å². The zero-order chi connectivity index (χ0) is 21.6. The maximum Gasteiger partial charge on any atom is 0.251 e. The third kappa shape index (κ3) is 5.09. The molecule has 1 fully saturated rings. The van der Waals surface area contributed by atoms with Crippen LogP contribution in [0.15, 0.2) is 59.5 Å². The lowest BCUT2D eigenvalue weighted by Crippen LogP contribution is -2.36. The molecule has 0 radical (unpaired) electrons. The number of benzene rings is 2. The molecule has 0 aromatic heterocycles. The minimum Gasteiger partial charge on any atom is -0.350 e. The van der Waals surface area contributed by atoms with Crippen LogP contribution in [0.5, 0.6) is 0 Å². The molecule has 0 saturated carbocycles. The van der Waals surface area contributed by atoms with Gasteiger partial charge in [0.1, 0.15) is 0 Å². The molecule has 1 saturated heterocycles. The summed E-state index contributed by atoms with van der Waals surface area (Å²) in [5.74, 6) is -0.193. The van der Waals surface area contributed by atoms with E-state index in [2.05, 4.69) is 22.3 Å². The van der Waals surface area contributed by atoms with Crippen LogP contribution < -0.4 is 5.32 Å². The molecule has 3 rings (SSSR count). The number of rotatable bonds is 9. The highest BCUT2D eigenvalue weighted by Gasteiger charge is 2.25. The molecular weight excluding hydrogens is 398 g/mol. The van der Waals surface area contributed by atoms with E-state index in [1.165, 1.54) is 34.8 Å². The van der Waals surface area contributed by atoms with Crippen molar-refractivity contribution in [3.8, 4) is 0 Å². The number of nitrogens with zero attached hydrogens (tertiary/aromatic N) is 2. The van der Waals surface area contributed by atoms with E-state index < -0.39 is 10.0 Å². The van der Waals surface area contributed by atoms with E-state index in [0.717, 1.165) is 13.1 Å². The molecule has 1 heterocycles. The van der Waals surface area contributed by atoms with Crippen molar-refractivity contribution in [2.75, 3.05) is 32.7 Å². The Morgan fingerprint density at radius 3 is 2.17 bits per heavy atom. The van der Waals surface area contributed by atoms with Gasteiger partial charge in [-0.05, 0) is 55.8 Å². The highest BCUT2D eigenvalue weighted by molar-refractivity contribution is 7.89. The van der Waals surface area contributed by atoms with Crippen LogP contribution in [0.3, 0.4) is 0 Å². The van der Waals surface area contributed by atoms with E-state index in [1.807, 2.05) is 32.0 Å². The number of carbonyl (C=O) groups is 1. The lowest BCUT2D eigenvalue weighted by Gasteiger charge is -2.28.